The number of carboxylic acids is 1. The molecule has 2 aromatic carbocycles. The van der Waals surface area contributed by atoms with Gasteiger partial charge in [0.2, 0.25) is 0 Å². The molecule has 0 amide bonds. The molecule has 0 radical (unpaired) electrons. The summed E-state index contributed by atoms with van der Waals surface area (Å²) in [4.78, 5) is 23.5. The van der Waals surface area contributed by atoms with Gasteiger partial charge in [-0.3, -0.25) is 9.89 Å². The number of aromatic carboxylic acids is 1. The first-order valence-corrected chi connectivity index (χ1v) is 7.10. The average molecular weight is 322 g/mol. The monoisotopic (exact) mass is 322 g/mol. The summed E-state index contributed by atoms with van der Waals surface area (Å²) in [6.07, 6.45) is 1.67. The maximum Gasteiger partial charge on any atom is 0.335 e. The molecule has 0 saturated carbocycles. The number of aromatic hydroxyl groups is 1. The van der Waals surface area contributed by atoms with Gasteiger partial charge in [-0.2, -0.15) is 0 Å². The number of phenols is 1. The fourth-order valence-electron chi connectivity index (χ4n) is 2.32. The number of carboxylic acid groups (broad SMARTS) is 1. The van der Waals surface area contributed by atoms with Gasteiger partial charge in [0, 0.05) is 0 Å². The molecule has 24 heavy (non-hydrogen) atoms. The third-order valence-corrected chi connectivity index (χ3v) is 3.58. The lowest BCUT2D eigenvalue weighted by Gasteiger charge is -2.01. The molecule has 6 heteroatoms. The molecule has 3 rings (SSSR count). The van der Waals surface area contributed by atoms with Gasteiger partial charge in [-0.1, -0.05) is 18.7 Å². The molecule has 3 N–H and O–H groups in total. The largest absolute Gasteiger partial charge is 0.508 e. The molecule has 6 nitrogen and oxygen atoms in total. The van der Waals surface area contributed by atoms with Gasteiger partial charge in [-0.15, -0.1) is 0 Å². The molecule has 0 aliphatic rings. The van der Waals surface area contributed by atoms with E-state index in [1.807, 2.05) is 0 Å². The van der Waals surface area contributed by atoms with Crippen LogP contribution in [0.1, 0.15) is 15.9 Å². The number of nitrogens with zero attached hydrogens (tertiary/aromatic N) is 1. The lowest BCUT2D eigenvalue weighted by molar-refractivity contribution is 0.0697. The number of aromatic nitrogens is 2. The van der Waals surface area contributed by atoms with Gasteiger partial charge in [0.05, 0.1) is 21.8 Å². The van der Waals surface area contributed by atoms with Crippen molar-refractivity contribution < 1.29 is 15.0 Å². The highest BCUT2D eigenvalue weighted by Crippen LogP contribution is 2.09. The average Bonchev–Trinajstić information content (AvgIpc) is 2.85. The highest BCUT2D eigenvalue weighted by atomic mass is 16.4. The highest BCUT2D eigenvalue weighted by Gasteiger charge is 2.07. The van der Waals surface area contributed by atoms with Gasteiger partial charge in [0.15, 0.2) is 0 Å². The van der Waals surface area contributed by atoms with Gasteiger partial charge in [-0.25, -0.2) is 9.48 Å². The van der Waals surface area contributed by atoms with Gasteiger partial charge >= 0.3 is 5.97 Å². The Labute approximate surface area is 136 Å². The first-order valence-electron chi connectivity index (χ1n) is 7.10. The van der Waals surface area contributed by atoms with E-state index in [-0.39, 0.29) is 16.9 Å². The Morgan fingerprint density at radius 2 is 1.71 bits per heavy atom. The second kappa shape index (κ2) is 5.92. The maximum absolute atomic E-state index is 12.6. The van der Waals surface area contributed by atoms with Crippen molar-refractivity contribution in [2.45, 2.75) is 0 Å². The summed E-state index contributed by atoms with van der Waals surface area (Å²) in [5.41, 5.74) is 1.11. The van der Waals surface area contributed by atoms with E-state index in [0.29, 0.717) is 16.3 Å². The number of carbonyl (C=O) groups is 1. The van der Waals surface area contributed by atoms with Crippen LogP contribution in [0.15, 0.2) is 53.3 Å². The molecule has 120 valence electrons. The minimum Gasteiger partial charge on any atom is -0.508 e. The molecular weight excluding hydrogens is 308 g/mol. The van der Waals surface area contributed by atoms with Crippen LogP contribution in [0.25, 0.3) is 18.3 Å². The lowest BCUT2D eigenvalue weighted by atomic mass is 10.2. The van der Waals surface area contributed by atoms with Crippen LogP contribution >= 0.6 is 0 Å². The predicted molar refractivity (Wildman–Crippen MR) is 89.8 cm³/mol. The van der Waals surface area contributed by atoms with Crippen LogP contribution in [0.2, 0.25) is 0 Å². The number of phenolic OH excluding ortho intramolecular Hbond substituents is 1. The number of rotatable bonds is 3. The van der Waals surface area contributed by atoms with Crippen molar-refractivity contribution in [2.24, 2.45) is 0 Å². The zero-order chi connectivity index (χ0) is 17.3. The minimum atomic E-state index is -1.03. The summed E-state index contributed by atoms with van der Waals surface area (Å²) in [5, 5.41) is 21.9. The van der Waals surface area contributed by atoms with Gasteiger partial charge < -0.3 is 10.2 Å². The first kappa shape index (κ1) is 15.4. The summed E-state index contributed by atoms with van der Waals surface area (Å²) < 4.78 is 1.31. The van der Waals surface area contributed by atoms with E-state index in [2.05, 4.69) is 11.7 Å². The fourth-order valence-corrected chi connectivity index (χ4v) is 2.32. The van der Waals surface area contributed by atoms with Crippen LogP contribution in [-0.2, 0) is 0 Å². The molecule has 3 aromatic rings. The first-order chi connectivity index (χ1) is 11.5. The lowest BCUT2D eigenvalue weighted by Crippen LogP contribution is -2.33. The summed E-state index contributed by atoms with van der Waals surface area (Å²) >= 11 is 0. The van der Waals surface area contributed by atoms with E-state index in [0.717, 1.165) is 5.56 Å². The summed E-state index contributed by atoms with van der Waals surface area (Å²) in [6, 6.07) is 12.4. The van der Waals surface area contributed by atoms with Crippen molar-refractivity contribution in [2.75, 3.05) is 0 Å². The van der Waals surface area contributed by atoms with Crippen molar-refractivity contribution in [3.05, 3.63) is 80.6 Å². The van der Waals surface area contributed by atoms with Crippen molar-refractivity contribution in [1.29, 1.82) is 0 Å². The molecule has 1 heterocycles. The van der Waals surface area contributed by atoms with Gasteiger partial charge in [0.25, 0.3) is 5.56 Å². The Balaban J connectivity index is 2.10. The van der Waals surface area contributed by atoms with E-state index in [4.69, 9.17) is 5.11 Å². The fraction of sp³-hybridized carbons (Fsp3) is 0. The van der Waals surface area contributed by atoms with Crippen LogP contribution in [0, 0.1) is 0 Å². The zero-order valence-electron chi connectivity index (χ0n) is 12.6. The third kappa shape index (κ3) is 2.85. The van der Waals surface area contributed by atoms with Crippen LogP contribution < -0.4 is 16.1 Å². The maximum atomic E-state index is 12.6. The SMILES string of the molecule is C=c1[nH]n(-c2ccc(C(=O)O)cc2)c(=O)c1=Cc1ccc(O)cc1. The van der Waals surface area contributed by atoms with E-state index >= 15 is 0 Å². The Bertz CT molecular complexity index is 1060. The quantitative estimate of drug-likeness (QED) is 0.665. The van der Waals surface area contributed by atoms with Crippen LogP contribution in [0.5, 0.6) is 5.75 Å². The molecule has 0 fully saturated rings. The second-order valence-corrected chi connectivity index (χ2v) is 5.23. The number of aromatic amines is 1. The van der Waals surface area contributed by atoms with Crippen molar-refractivity contribution in [3.8, 4) is 11.4 Å². The summed E-state index contributed by atoms with van der Waals surface area (Å²) in [7, 11) is 0. The standard InChI is InChI=1S/C18H14N2O4/c1-11-16(10-12-2-8-15(21)9-3-12)17(22)20(19-11)14-6-4-13(5-7-14)18(23)24/h2-10,19,21H,1H2,(H,23,24). The van der Waals surface area contributed by atoms with Crippen molar-refractivity contribution in [1.82, 2.24) is 9.78 Å². The summed E-state index contributed by atoms with van der Waals surface area (Å²) in [6.45, 7) is 3.84. The molecule has 0 aliphatic heterocycles. The number of hydrogen-bond acceptors (Lipinski definition) is 3. The topological polar surface area (TPSA) is 95.3 Å². The molecule has 0 spiro atoms. The van der Waals surface area contributed by atoms with Crippen molar-refractivity contribution >= 4 is 18.6 Å². The normalized spacial score (nSPS) is 11.6. The minimum absolute atomic E-state index is 0.143. The molecule has 0 atom stereocenters. The number of benzene rings is 2. The Morgan fingerprint density at radius 1 is 1.08 bits per heavy atom. The van der Waals surface area contributed by atoms with Gasteiger partial charge in [0.1, 0.15) is 5.75 Å². The number of hydrogen-bond donors (Lipinski definition) is 3. The van der Waals surface area contributed by atoms with Crippen LogP contribution in [-0.4, -0.2) is 26.0 Å². The van der Waals surface area contributed by atoms with Crippen LogP contribution in [0.4, 0.5) is 0 Å². The predicted octanol–water partition coefficient (Wildman–Crippen LogP) is 0.808. The Morgan fingerprint density at radius 3 is 2.29 bits per heavy atom. The van der Waals surface area contributed by atoms with Crippen LogP contribution in [0.3, 0.4) is 0 Å². The van der Waals surface area contributed by atoms with E-state index in [9.17, 15) is 14.7 Å². The van der Waals surface area contributed by atoms with E-state index in [1.165, 1.54) is 28.9 Å². The second-order valence-electron chi connectivity index (χ2n) is 5.23. The third-order valence-electron chi connectivity index (χ3n) is 3.58. The number of H-pyrrole nitrogens is 1. The molecule has 0 unspecified atom stereocenters. The zero-order valence-corrected chi connectivity index (χ0v) is 12.6. The van der Waals surface area contributed by atoms with E-state index < -0.39 is 5.97 Å². The van der Waals surface area contributed by atoms with Gasteiger partial charge in [-0.05, 0) is 48.0 Å². The highest BCUT2D eigenvalue weighted by molar-refractivity contribution is 5.87. The van der Waals surface area contributed by atoms with E-state index in [1.54, 1.807) is 30.3 Å². The molecule has 0 saturated heterocycles. The molecule has 1 aromatic heterocycles. The summed E-state index contributed by atoms with van der Waals surface area (Å²) in [5.74, 6) is -0.883. The smallest absolute Gasteiger partial charge is 0.335 e. The molecular formula is C18H14N2O4. The number of nitrogens with one attached hydrogen (secondary N) is 1. The molecule has 0 aliphatic carbocycles. The molecule has 0 bridgehead atoms. The Kier molecular flexibility index (Phi) is 3.79. The van der Waals surface area contributed by atoms with Crippen molar-refractivity contribution in [3.63, 3.8) is 0 Å². The Hall–Kier alpha value is -3.54.